The number of nitrogens with two attached hydrogens (primary N) is 1. The molecule has 1 aromatic carbocycles. The molecule has 0 amide bonds. The lowest BCUT2D eigenvalue weighted by molar-refractivity contribution is 0.412. The highest BCUT2D eigenvalue weighted by Gasteiger charge is 2.49. The van der Waals surface area contributed by atoms with Gasteiger partial charge in [0.05, 0.1) is 12.8 Å². The van der Waals surface area contributed by atoms with E-state index < -0.39 is 0 Å². The normalized spacial score (nSPS) is 19.6. The van der Waals surface area contributed by atoms with E-state index in [9.17, 15) is 0 Å². The number of methoxy groups -OCH3 is 1. The minimum absolute atomic E-state index is 0.324. The summed E-state index contributed by atoms with van der Waals surface area (Å²) in [4.78, 5) is 0. The molecule has 0 bridgehead atoms. The minimum atomic E-state index is 0.324. The van der Waals surface area contributed by atoms with Gasteiger partial charge in [0.2, 0.25) is 0 Å². The second-order valence-electron chi connectivity index (χ2n) is 6.70. The fourth-order valence-corrected chi connectivity index (χ4v) is 3.01. The number of rotatable bonds is 3. The lowest BCUT2D eigenvalue weighted by Gasteiger charge is -2.09. The van der Waals surface area contributed by atoms with E-state index in [-0.39, 0.29) is 0 Å². The Kier molecular flexibility index (Phi) is 3.01. The van der Waals surface area contributed by atoms with Crippen LogP contribution < -0.4 is 10.5 Å². The Labute approximate surface area is 125 Å². The van der Waals surface area contributed by atoms with Crippen molar-refractivity contribution in [2.75, 3.05) is 12.8 Å². The first-order chi connectivity index (χ1) is 9.85. The highest BCUT2D eigenvalue weighted by molar-refractivity contribution is 5.79. The summed E-state index contributed by atoms with van der Waals surface area (Å²) >= 11 is 0. The first-order valence-corrected chi connectivity index (χ1v) is 7.32. The average Bonchev–Trinajstić information content (AvgIpc) is 2.97. The van der Waals surface area contributed by atoms with Crippen LogP contribution in [-0.4, -0.2) is 16.9 Å². The van der Waals surface area contributed by atoms with Gasteiger partial charge < -0.3 is 10.5 Å². The van der Waals surface area contributed by atoms with Crippen LogP contribution in [0.3, 0.4) is 0 Å². The Morgan fingerprint density at radius 3 is 2.62 bits per heavy atom. The molecule has 2 aromatic rings. The van der Waals surface area contributed by atoms with Crippen LogP contribution in [0.4, 0.5) is 5.82 Å². The summed E-state index contributed by atoms with van der Waals surface area (Å²) in [6.45, 7) is 6.60. The average molecular weight is 285 g/mol. The van der Waals surface area contributed by atoms with E-state index in [2.05, 4.69) is 37.1 Å². The van der Waals surface area contributed by atoms with Crippen molar-refractivity contribution >= 4 is 5.82 Å². The maximum absolute atomic E-state index is 6.28. The molecular formula is C17H23N3O. The minimum Gasteiger partial charge on any atom is -0.496 e. The van der Waals surface area contributed by atoms with Crippen molar-refractivity contribution in [1.29, 1.82) is 0 Å². The monoisotopic (exact) mass is 285 g/mol. The molecule has 4 heteroatoms. The maximum Gasteiger partial charge on any atom is 0.129 e. The van der Waals surface area contributed by atoms with Crippen molar-refractivity contribution in [3.63, 3.8) is 0 Å². The van der Waals surface area contributed by atoms with Gasteiger partial charge in [0, 0.05) is 18.5 Å². The maximum atomic E-state index is 6.28. The van der Waals surface area contributed by atoms with Crippen molar-refractivity contribution in [2.24, 2.45) is 12.5 Å². The summed E-state index contributed by atoms with van der Waals surface area (Å²) in [7, 11) is 3.60. The van der Waals surface area contributed by atoms with Crippen LogP contribution in [0.1, 0.15) is 37.4 Å². The molecule has 1 aromatic heterocycles. The molecule has 2 N–H and O–H groups in total. The Bertz CT molecular complexity index is 700. The molecule has 112 valence electrons. The number of hydrogen-bond donors (Lipinski definition) is 1. The third kappa shape index (κ3) is 2.19. The van der Waals surface area contributed by atoms with E-state index in [4.69, 9.17) is 10.5 Å². The van der Waals surface area contributed by atoms with Gasteiger partial charge in [-0.25, -0.2) is 0 Å². The second-order valence-corrected chi connectivity index (χ2v) is 6.70. The smallest absolute Gasteiger partial charge is 0.129 e. The van der Waals surface area contributed by atoms with Gasteiger partial charge in [-0.05, 0) is 36.0 Å². The van der Waals surface area contributed by atoms with Gasteiger partial charge in [0.1, 0.15) is 11.6 Å². The fourth-order valence-electron chi connectivity index (χ4n) is 3.01. The number of aromatic nitrogens is 2. The summed E-state index contributed by atoms with van der Waals surface area (Å²) in [6.07, 6.45) is 1.17. The zero-order chi connectivity index (χ0) is 15.4. The summed E-state index contributed by atoms with van der Waals surface area (Å²) < 4.78 is 7.23. The predicted molar refractivity (Wildman–Crippen MR) is 85.5 cm³/mol. The Morgan fingerprint density at radius 1 is 1.38 bits per heavy atom. The molecule has 1 fully saturated rings. The fraction of sp³-hybridized carbons (Fsp3) is 0.471. The van der Waals surface area contributed by atoms with Crippen LogP contribution in [0.25, 0.3) is 11.1 Å². The molecule has 1 heterocycles. The van der Waals surface area contributed by atoms with Gasteiger partial charge in [-0.2, -0.15) is 5.10 Å². The number of hydrogen-bond acceptors (Lipinski definition) is 3. The summed E-state index contributed by atoms with van der Waals surface area (Å²) in [5.41, 5.74) is 11.0. The van der Waals surface area contributed by atoms with Gasteiger partial charge >= 0.3 is 0 Å². The Morgan fingerprint density at radius 2 is 2.05 bits per heavy atom. The lowest BCUT2D eigenvalue weighted by atomic mass is 9.98. The third-order valence-electron chi connectivity index (χ3n) is 4.66. The van der Waals surface area contributed by atoms with Crippen molar-refractivity contribution in [1.82, 2.24) is 9.78 Å². The van der Waals surface area contributed by atoms with Crippen molar-refractivity contribution in [3.05, 3.63) is 29.5 Å². The number of nitrogen functional groups attached to an aromatic ring is 1. The largest absolute Gasteiger partial charge is 0.496 e. The molecule has 3 rings (SSSR count). The zero-order valence-electron chi connectivity index (χ0n) is 13.4. The Balaban J connectivity index is 2.14. The molecule has 0 saturated heterocycles. The van der Waals surface area contributed by atoms with Crippen LogP contribution in [-0.2, 0) is 7.05 Å². The van der Waals surface area contributed by atoms with Gasteiger partial charge in [0.15, 0.2) is 0 Å². The third-order valence-corrected chi connectivity index (χ3v) is 4.66. The van der Waals surface area contributed by atoms with Crippen molar-refractivity contribution in [2.45, 2.75) is 33.1 Å². The molecule has 1 unspecified atom stereocenters. The van der Waals surface area contributed by atoms with Crippen molar-refractivity contribution < 1.29 is 4.74 Å². The number of benzene rings is 1. The van der Waals surface area contributed by atoms with Crippen LogP contribution >= 0.6 is 0 Å². The summed E-state index contributed by atoms with van der Waals surface area (Å²) in [5, 5.41) is 4.67. The van der Waals surface area contributed by atoms with E-state index in [1.165, 1.54) is 6.42 Å². The van der Waals surface area contributed by atoms with Crippen LogP contribution in [0, 0.1) is 12.3 Å². The van der Waals surface area contributed by atoms with Crippen LogP contribution in [0.5, 0.6) is 5.75 Å². The molecule has 1 aliphatic carbocycles. The number of ether oxygens (including phenoxy) is 1. The SMILES string of the molecule is COc1cc(-c2c(C3CC3(C)C)nn(C)c2N)ccc1C. The van der Waals surface area contributed by atoms with Gasteiger partial charge in [-0.1, -0.05) is 26.0 Å². The van der Waals surface area contributed by atoms with E-state index in [1.54, 1.807) is 11.8 Å². The summed E-state index contributed by atoms with van der Waals surface area (Å²) in [6, 6.07) is 6.23. The van der Waals surface area contributed by atoms with E-state index in [0.717, 1.165) is 34.0 Å². The highest BCUT2D eigenvalue weighted by Crippen LogP contribution is 2.60. The van der Waals surface area contributed by atoms with Crippen molar-refractivity contribution in [3.8, 4) is 16.9 Å². The molecule has 1 aliphatic rings. The first kappa shape index (κ1) is 14.0. The molecule has 1 saturated carbocycles. The molecular weight excluding hydrogens is 262 g/mol. The van der Waals surface area contributed by atoms with Gasteiger partial charge in [-0.15, -0.1) is 0 Å². The molecule has 0 radical (unpaired) electrons. The van der Waals surface area contributed by atoms with Gasteiger partial charge in [0.25, 0.3) is 0 Å². The molecule has 1 atom stereocenters. The highest BCUT2D eigenvalue weighted by atomic mass is 16.5. The predicted octanol–water partition coefficient (Wildman–Crippen LogP) is 3.50. The molecule has 0 aliphatic heterocycles. The number of aryl methyl sites for hydroxylation is 2. The van der Waals surface area contributed by atoms with E-state index in [1.807, 2.05) is 14.0 Å². The van der Waals surface area contributed by atoms with E-state index in [0.29, 0.717) is 11.3 Å². The first-order valence-electron chi connectivity index (χ1n) is 7.32. The van der Waals surface area contributed by atoms with Crippen LogP contribution in [0.2, 0.25) is 0 Å². The quantitative estimate of drug-likeness (QED) is 0.939. The molecule has 21 heavy (non-hydrogen) atoms. The van der Waals surface area contributed by atoms with E-state index >= 15 is 0 Å². The van der Waals surface area contributed by atoms with Crippen LogP contribution in [0.15, 0.2) is 18.2 Å². The Hall–Kier alpha value is -1.97. The number of anilines is 1. The topological polar surface area (TPSA) is 53.1 Å². The lowest BCUT2D eigenvalue weighted by Crippen LogP contribution is -1.98. The molecule has 0 spiro atoms. The standard InChI is InChI=1S/C17H23N3O/c1-10-6-7-11(8-13(10)21-5)14-15(12-9-17(12,2)3)19-20(4)16(14)18/h6-8,12H,9,18H2,1-5H3. The van der Waals surface area contributed by atoms with Gasteiger partial charge in [-0.3, -0.25) is 4.68 Å². The number of nitrogens with zero attached hydrogens (tertiary/aromatic N) is 2. The second kappa shape index (κ2) is 4.52. The zero-order valence-corrected chi connectivity index (χ0v) is 13.4. The summed E-state index contributed by atoms with van der Waals surface area (Å²) in [5.74, 6) is 2.10. The molecule has 4 nitrogen and oxygen atoms in total.